The lowest BCUT2D eigenvalue weighted by Gasteiger charge is -2.20. The summed E-state index contributed by atoms with van der Waals surface area (Å²) < 4.78 is 13.2. The van der Waals surface area contributed by atoms with E-state index in [0.717, 1.165) is 30.5 Å². The Kier molecular flexibility index (Phi) is 2.89. The Morgan fingerprint density at radius 3 is 2.56 bits per heavy atom. The average Bonchev–Trinajstić information content (AvgIpc) is 2.98. The molecule has 1 aliphatic rings. The second-order valence-corrected chi connectivity index (χ2v) is 5.00. The summed E-state index contributed by atoms with van der Waals surface area (Å²) >= 11 is 0. The van der Waals surface area contributed by atoms with Crippen LogP contribution in [0.5, 0.6) is 0 Å². The number of anilines is 1. The largest absolute Gasteiger partial charge is 0.396 e. The van der Waals surface area contributed by atoms with Crippen LogP contribution in [0.2, 0.25) is 0 Å². The molecule has 1 fully saturated rings. The van der Waals surface area contributed by atoms with Crippen LogP contribution in [0.25, 0.3) is 0 Å². The maximum absolute atomic E-state index is 13.2. The van der Waals surface area contributed by atoms with Crippen LogP contribution in [0, 0.1) is 11.2 Å². The Bertz CT molecular complexity index is 386. The number of halogens is 1. The predicted molar refractivity (Wildman–Crippen MR) is 63.2 cm³/mol. The highest BCUT2D eigenvalue weighted by Crippen LogP contribution is 2.48. The molecule has 88 valence electrons. The summed E-state index contributed by atoms with van der Waals surface area (Å²) in [7, 11) is 3.91. The molecule has 0 saturated heterocycles. The maximum atomic E-state index is 13.2. The van der Waals surface area contributed by atoms with Crippen LogP contribution < -0.4 is 4.90 Å². The molecule has 0 heterocycles. The van der Waals surface area contributed by atoms with Crippen LogP contribution >= 0.6 is 0 Å². The number of hydrogen-bond donors (Lipinski definition) is 1. The van der Waals surface area contributed by atoms with E-state index < -0.39 is 0 Å². The first-order chi connectivity index (χ1) is 7.56. The normalized spacial score (nSPS) is 17.2. The van der Waals surface area contributed by atoms with E-state index in [0.29, 0.717) is 0 Å². The third-order valence-electron chi connectivity index (χ3n) is 3.38. The molecule has 1 aliphatic carbocycles. The van der Waals surface area contributed by atoms with Gasteiger partial charge in [0.15, 0.2) is 0 Å². The third kappa shape index (κ3) is 2.19. The van der Waals surface area contributed by atoms with Crippen molar-refractivity contribution in [3.63, 3.8) is 0 Å². The SMILES string of the molecule is CN(C)c1ccc(F)cc1CC1(CO)CC1. The first kappa shape index (κ1) is 11.4. The molecule has 0 aromatic heterocycles. The fourth-order valence-corrected chi connectivity index (χ4v) is 2.10. The number of aliphatic hydroxyl groups excluding tert-OH is 1. The maximum Gasteiger partial charge on any atom is 0.123 e. The van der Waals surface area contributed by atoms with Gasteiger partial charge in [-0.25, -0.2) is 4.39 Å². The molecule has 2 rings (SSSR count). The third-order valence-corrected chi connectivity index (χ3v) is 3.38. The van der Waals surface area contributed by atoms with E-state index in [1.165, 1.54) is 6.07 Å². The molecule has 1 saturated carbocycles. The topological polar surface area (TPSA) is 23.5 Å². The summed E-state index contributed by atoms with van der Waals surface area (Å²) in [6.07, 6.45) is 2.87. The fraction of sp³-hybridized carbons (Fsp3) is 0.538. The lowest BCUT2D eigenvalue weighted by Crippen LogP contribution is -2.16. The first-order valence-electron chi connectivity index (χ1n) is 5.63. The van der Waals surface area contributed by atoms with E-state index in [-0.39, 0.29) is 17.8 Å². The van der Waals surface area contributed by atoms with Gasteiger partial charge in [0, 0.05) is 26.4 Å². The van der Waals surface area contributed by atoms with Gasteiger partial charge in [0.2, 0.25) is 0 Å². The summed E-state index contributed by atoms with van der Waals surface area (Å²) in [6, 6.07) is 4.88. The van der Waals surface area contributed by atoms with Gasteiger partial charge in [-0.2, -0.15) is 0 Å². The monoisotopic (exact) mass is 223 g/mol. The van der Waals surface area contributed by atoms with E-state index in [2.05, 4.69) is 0 Å². The second kappa shape index (κ2) is 4.06. The van der Waals surface area contributed by atoms with Gasteiger partial charge < -0.3 is 10.0 Å². The summed E-state index contributed by atoms with van der Waals surface area (Å²) in [5, 5.41) is 9.31. The van der Waals surface area contributed by atoms with Gasteiger partial charge >= 0.3 is 0 Å². The van der Waals surface area contributed by atoms with Crippen molar-refractivity contribution in [3.8, 4) is 0 Å². The van der Waals surface area contributed by atoms with Crippen LogP contribution in [0.1, 0.15) is 18.4 Å². The van der Waals surface area contributed by atoms with Gasteiger partial charge in [0.1, 0.15) is 5.82 Å². The molecule has 1 aromatic carbocycles. The predicted octanol–water partition coefficient (Wildman–Crippen LogP) is 2.21. The van der Waals surface area contributed by atoms with Crippen molar-refractivity contribution >= 4 is 5.69 Å². The summed E-state index contributed by atoms with van der Waals surface area (Å²) in [6.45, 7) is 0.205. The van der Waals surface area contributed by atoms with Crippen molar-refractivity contribution in [2.75, 3.05) is 25.6 Å². The highest BCUT2D eigenvalue weighted by molar-refractivity contribution is 5.53. The van der Waals surface area contributed by atoms with E-state index in [1.807, 2.05) is 19.0 Å². The van der Waals surface area contributed by atoms with Gasteiger partial charge in [0.05, 0.1) is 0 Å². The Morgan fingerprint density at radius 1 is 1.38 bits per heavy atom. The molecule has 1 N–H and O–H groups in total. The molecule has 0 radical (unpaired) electrons. The Balaban J connectivity index is 2.27. The minimum Gasteiger partial charge on any atom is -0.396 e. The van der Waals surface area contributed by atoms with Crippen molar-refractivity contribution in [2.24, 2.45) is 5.41 Å². The number of hydrogen-bond acceptors (Lipinski definition) is 2. The highest BCUT2D eigenvalue weighted by atomic mass is 19.1. The molecule has 0 spiro atoms. The smallest absolute Gasteiger partial charge is 0.123 e. The van der Waals surface area contributed by atoms with E-state index in [1.54, 1.807) is 12.1 Å². The zero-order valence-electron chi connectivity index (χ0n) is 9.83. The highest BCUT2D eigenvalue weighted by Gasteiger charge is 2.42. The first-order valence-corrected chi connectivity index (χ1v) is 5.63. The summed E-state index contributed by atoms with van der Waals surface area (Å²) in [4.78, 5) is 1.99. The van der Waals surface area contributed by atoms with Gasteiger partial charge in [0.25, 0.3) is 0 Å². The van der Waals surface area contributed by atoms with Crippen molar-refractivity contribution in [1.29, 1.82) is 0 Å². The molecular weight excluding hydrogens is 205 g/mol. The number of benzene rings is 1. The van der Waals surface area contributed by atoms with Crippen molar-refractivity contribution in [2.45, 2.75) is 19.3 Å². The van der Waals surface area contributed by atoms with Gasteiger partial charge in [-0.1, -0.05) is 0 Å². The molecule has 0 unspecified atom stereocenters. The quantitative estimate of drug-likeness (QED) is 0.846. The van der Waals surface area contributed by atoms with E-state index in [9.17, 15) is 9.50 Å². The van der Waals surface area contributed by atoms with Crippen molar-refractivity contribution < 1.29 is 9.50 Å². The number of nitrogens with zero attached hydrogens (tertiary/aromatic N) is 1. The zero-order valence-corrected chi connectivity index (χ0v) is 9.83. The minimum absolute atomic E-state index is 0.0263. The molecule has 1 aromatic rings. The van der Waals surface area contributed by atoms with E-state index >= 15 is 0 Å². The molecule has 16 heavy (non-hydrogen) atoms. The summed E-state index contributed by atoms with van der Waals surface area (Å²) in [5.74, 6) is -0.200. The minimum atomic E-state index is -0.200. The lowest BCUT2D eigenvalue weighted by atomic mass is 9.96. The molecular formula is C13H18FNO. The molecule has 2 nitrogen and oxygen atoms in total. The lowest BCUT2D eigenvalue weighted by molar-refractivity contribution is 0.211. The van der Waals surface area contributed by atoms with Gasteiger partial charge in [-0.15, -0.1) is 0 Å². The van der Waals surface area contributed by atoms with Crippen LogP contribution in [-0.2, 0) is 6.42 Å². The fourth-order valence-electron chi connectivity index (χ4n) is 2.10. The molecule has 0 aliphatic heterocycles. The Labute approximate surface area is 95.7 Å². The molecule has 0 bridgehead atoms. The molecule has 0 atom stereocenters. The molecule has 0 amide bonds. The second-order valence-electron chi connectivity index (χ2n) is 5.00. The molecule has 3 heteroatoms. The van der Waals surface area contributed by atoms with Crippen LogP contribution in [0.4, 0.5) is 10.1 Å². The summed E-state index contributed by atoms with van der Waals surface area (Å²) in [5.41, 5.74) is 2.07. The number of aliphatic hydroxyl groups is 1. The van der Waals surface area contributed by atoms with Gasteiger partial charge in [-0.3, -0.25) is 0 Å². The zero-order chi connectivity index (χ0) is 11.8. The van der Waals surface area contributed by atoms with Gasteiger partial charge in [-0.05, 0) is 48.4 Å². The van der Waals surface area contributed by atoms with E-state index in [4.69, 9.17) is 0 Å². The Morgan fingerprint density at radius 2 is 2.06 bits per heavy atom. The van der Waals surface area contributed by atoms with Crippen molar-refractivity contribution in [3.05, 3.63) is 29.6 Å². The number of rotatable bonds is 4. The average molecular weight is 223 g/mol. The Hall–Kier alpha value is -1.09. The van der Waals surface area contributed by atoms with Crippen molar-refractivity contribution in [1.82, 2.24) is 0 Å². The van der Waals surface area contributed by atoms with Crippen LogP contribution in [-0.4, -0.2) is 25.8 Å². The van der Waals surface area contributed by atoms with Crippen LogP contribution in [0.15, 0.2) is 18.2 Å². The van der Waals surface area contributed by atoms with Crippen LogP contribution in [0.3, 0.4) is 0 Å². The standard InChI is InChI=1S/C13H18FNO/c1-15(2)12-4-3-11(14)7-10(12)8-13(9-16)5-6-13/h3-4,7,16H,5-6,8-9H2,1-2H3.